The highest BCUT2D eigenvalue weighted by Crippen LogP contribution is 2.39. The largest absolute Gasteiger partial charge is 0.383 e. The molecule has 222 valence electrons. The molecule has 5 aromatic rings. The molecule has 2 aliphatic rings. The number of hydrogen-bond donors (Lipinski definition) is 1. The molecule has 0 spiro atoms. The minimum atomic E-state index is 0.316. The van der Waals surface area contributed by atoms with Gasteiger partial charge in [-0.25, -0.2) is 19.6 Å². The van der Waals surface area contributed by atoms with E-state index < -0.39 is 0 Å². The summed E-state index contributed by atoms with van der Waals surface area (Å²) in [6, 6.07) is 18.2. The fraction of sp³-hybridized carbons (Fsp3) is 0.412. The molecule has 7 rings (SSSR count). The summed E-state index contributed by atoms with van der Waals surface area (Å²) in [5.41, 5.74) is 13.8. The van der Waals surface area contributed by atoms with Crippen molar-refractivity contribution in [3.05, 3.63) is 65.3 Å². The van der Waals surface area contributed by atoms with E-state index in [0.717, 1.165) is 70.9 Å². The van der Waals surface area contributed by atoms with Crippen LogP contribution in [0.1, 0.15) is 49.1 Å². The average Bonchev–Trinajstić information content (AvgIpc) is 3.65. The summed E-state index contributed by atoms with van der Waals surface area (Å²) in [6.45, 7) is 8.99. The third-order valence-electron chi connectivity index (χ3n) is 9.33. The van der Waals surface area contributed by atoms with E-state index in [-0.39, 0.29) is 0 Å². The van der Waals surface area contributed by atoms with Crippen LogP contribution in [0.25, 0.3) is 44.1 Å². The number of anilines is 1. The highest BCUT2D eigenvalue weighted by atomic mass is 32.1. The van der Waals surface area contributed by atoms with E-state index in [1.54, 1.807) is 17.7 Å². The lowest BCUT2D eigenvalue weighted by Crippen LogP contribution is -2.49. The van der Waals surface area contributed by atoms with Gasteiger partial charge in [-0.1, -0.05) is 61.0 Å². The SMILES string of the molecule is CCc1sc(-c2ccc(-c3nn(C4CCC(N5CCN(C)CC5)CC4)c4ncnc(N)c34)cc2)nc1-c1ccc(C)cc1. The van der Waals surface area contributed by atoms with Crippen molar-refractivity contribution in [2.24, 2.45) is 0 Å². The minimum Gasteiger partial charge on any atom is -0.383 e. The van der Waals surface area contributed by atoms with Crippen LogP contribution in [-0.2, 0) is 6.42 Å². The molecule has 0 bridgehead atoms. The maximum absolute atomic E-state index is 6.46. The molecule has 0 amide bonds. The average molecular weight is 593 g/mol. The molecule has 1 saturated carbocycles. The fourth-order valence-electron chi connectivity index (χ4n) is 6.73. The number of nitrogens with two attached hydrogens (primary N) is 1. The molecule has 2 aromatic carbocycles. The Hall–Kier alpha value is -3.66. The van der Waals surface area contributed by atoms with E-state index in [2.05, 4.69) is 93.9 Å². The molecule has 1 aliphatic carbocycles. The van der Waals surface area contributed by atoms with Crippen LogP contribution in [0.4, 0.5) is 5.82 Å². The van der Waals surface area contributed by atoms with Gasteiger partial charge >= 0.3 is 0 Å². The van der Waals surface area contributed by atoms with Crippen molar-refractivity contribution in [2.75, 3.05) is 39.0 Å². The van der Waals surface area contributed by atoms with E-state index in [1.165, 1.54) is 41.9 Å². The summed E-state index contributed by atoms with van der Waals surface area (Å²) in [5, 5.41) is 7.06. The first kappa shape index (κ1) is 28.1. The van der Waals surface area contributed by atoms with Crippen molar-refractivity contribution in [3.8, 4) is 33.1 Å². The van der Waals surface area contributed by atoms with Gasteiger partial charge in [0.05, 0.1) is 17.1 Å². The third kappa shape index (κ3) is 5.46. The minimum absolute atomic E-state index is 0.316. The number of benzene rings is 2. The van der Waals surface area contributed by atoms with Gasteiger partial charge in [0.25, 0.3) is 0 Å². The van der Waals surface area contributed by atoms with Gasteiger partial charge in [-0.3, -0.25) is 4.90 Å². The van der Waals surface area contributed by atoms with Crippen LogP contribution in [0.3, 0.4) is 0 Å². The molecule has 0 atom stereocenters. The molecule has 1 aliphatic heterocycles. The van der Waals surface area contributed by atoms with Crippen molar-refractivity contribution < 1.29 is 0 Å². The van der Waals surface area contributed by atoms with Gasteiger partial charge in [0.15, 0.2) is 5.65 Å². The second-order valence-corrected chi connectivity index (χ2v) is 13.2. The highest BCUT2D eigenvalue weighted by molar-refractivity contribution is 7.15. The van der Waals surface area contributed by atoms with E-state index in [4.69, 9.17) is 15.8 Å². The molecular formula is C34H40N8S. The van der Waals surface area contributed by atoms with Crippen LogP contribution >= 0.6 is 11.3 Å². The number of rotatable bonds is 6. The number of aromatic nitrogens is 5. The quantitative estimate of drug-likeness (QED) is 0.242. The summed E-state index contributed by atoms with van der Waals surface area (Å²) in [5.74, 6) is 0.483. The molecule has 43 heavy (non-hydrogen) atoms. The Kier molecular flexibility index (Phi) is 7.71. The summed E-state index contributed by atoms with van der Waals surface area (Å²) in [4.78, 5) is 20.5. The Balaban J connectivity index is 1.15. The molecule has 2 N–H and O–H groups in total. The number of thiazole rings is 1. The summed E-state index contributed by atoms with van der Waals surface area (Å²) < 4.78 is 2.14. The lowest BCUT2D eigenvalue weighted by atomic mass is 9.90. The van der Waals surface area contributed by atoms with Crippen molar-refractivity contribution in [1.29, 1.82) is 0 Å². The standard InChI is InChI=1S/C34H40N8S/c1-4-28-30(23-7-5-22(2)6-8-23)38-34(43-28)25-11-9-24(10-12-25)31-29-32(35)36-21-37-33(29)42(39-31)27-15-13-26(14-16-27)41-19-17-40(3)18-20-41/h5-12,21,26-27H,4,13-20H2,1-3H3,(H2,35,36,37). The van der Waals surface area contributed by atoms with Crippen molar-refractivity contribution >= 4 is 28.2 Å². The van der Waals surface area contributed by atoms with Crippen molar-refractivity contribution in [3.63, 3.8) is 0 Å². The first-order valence-corrected chi connectivity index (χ1v) is 16.4. The van der Waals surface area contributed by atoms with Crippen LogP contribution in [-0.4, -0.2) is 73.8 Å². The predicted octanol–water partition coefficient (Wildman–Crippen LogP) is 6.47. The molecule has 8 nitrogen and oxygen atoms in total. The predicted molar refractivity (Wildman–Crippen MR) is 176 cm³/mol. The lowest BCUT2D eigenvalue weighted by Gasteiger charge is -2.41. The van der Waals surface area contributed by atoms with Gasteiger partial charge in [-0.05, 0) is 46.1 Å². The monoisotopic (exact) mass is 592 g/mol. The normalized spacial score (nSPS) is 20.2. The van der Waals surface area contributed by atoms with Crippen LogP contribution in [0, 0.1) is 6.92 Å². The van der Waals surface area contributed by atoms with E-state index in [0.29, 0.717) is 17.9 Å². The highest BCUT2D eigenvalue weighted by Gasteiger charge is 2.30. The van der Waals surface area contributed by atoms with Gasteiger partial charge in [0, 0.05) is 53.8 Å². The number of aryl methyl sites for hydroxylation is 2. The van der Waals surface area contributed by atoms with Gasteiger partial charge in [0.1, 0.15) is 22.8 Å². The topological polar surface area (TPSA) is 89.0 Å². The van der Waals surface area contributed by atoms with Gasteiger partial charge in [-0.15, -0.1) is 11.3 Å². The maximum Gasteiger partial charge on any atom is 0.164 e. The van der Waals surface area contributed by atoms with E-state index >= 15 is 0 Å². The number of piperazine rings is 1. The first-order valence-electron chi connectivity index (χ1n) is 15.6. The van der Waals surface area contributed by atoms with Crippen molar-refractivity contribution in [1.82, 2.24) is 34.5 Å². The summed E-state index contributed by atoms with van der Waals surface area (Å²) in [6.07, 6.45) is 7.11. The molecule has 2 fully saturated rings. The number of hydrogen-bond acceptors (Lipinski definition) is 8. The maximum atomic E-state index is 6.46. The van der Waals surface area contributed by atoms with Crippen LogP contribution in [0.15, 0.2) is 54.9 Å². The second kappa shape index (κ2) is 11.8. The molecule has 0 unspecified atom stereocenters. The smallest absolute Gasteiger partial charge is 0.164 e. The molecule has 1 saturated heterocycles. The second-order valence-electron chi connectivity index (χ2n) is 12.1. The van der Waals surface area contributed by atoms with Crippen LogP contribution < -0.4 is 5.73 Å². The Morgan fingerprint density at radius 1 is 0.814 bits per heavy atom. The van der Waals surface area contributed by atoms with Crippen LogP contribution in [0.2, 0.25) is 0 Å². The van der Waals surface area contributed by atoms with Gasteiger partial charge in [0.2, 0.25) is 0 Å². The summed E-state index contributed by atoms with van der Waals surface area (Å²) in [7, 11) is 2.22. The Morgan fingerprint density at radius 3 is 2.14 bits per heavy atom. The van der Waals surface area contributed by atoms with E-state index in [1.807, 2.05) is 0 Å². The number of nitrogens with zero attached hydrogens (tertiary/aromatic N) is 7. The Morgan fingerprint density at radius 2 is 1.44 bits per heavy atom. The molecular weight excluding hydrogens is 552 g/mol. The molecule has 3 aromatic heterocycles. The number of fused-ring (bicyclic) bond motifs is 1. The lowest BCUT2D eigenvalue weighted by molar-refractivity contribution is 0.0815. The van der Waals surface area contributed by atoms with Crippen molar-refractivity contribution in [2.45, 2.75) is 58.0 Å². The van der Waals surface area contributed by atoms with Gasteiger partial charge in [-0.2, -0.15) is 5.10 Å². The zero-order valence-corrected chi connectivity index (χ0v) is 26.1. The van der Waals surface area contributed by atoms with Gasteiger partial charge < -0.3 is 10.6 Å². The number of likely N-dealkylation sites (N-methyl/N-ethyl adjacent to an activating group) is 1. The fourth-order valence-corrected chi connectivity index (χ4v) is 7.76. The summed E-state index contributed by atoms with van der Waals surface area (Å²) >= 11 is 1.77. The Labute approximate surface area is 257 Å². The Bertz CT molecular complexity index is 1710. The number of nitrogen functional groups attached to an aromatic ring is 1. The zero-order chi connectivity index (χ0) is 29.5. The van der Waals surface area contributed by atoms with Crippen LogP contribution in [0.5, 0.6) is 0 Å². The molecule has 9 heteroatoms. The zero-order valence-electron chi connectivity index (χ0n) is 25.3. The third-order valence-corrected chi connectivity index (χ3v) is 10.6. The first-order chi connectivity index (χ1) is 21.0. The molecule has 0 radical (unpaired) electrons. The van der Waals surface area contributed by atoms with E-state index in [9.17, 15) is 0 Å². The molecule has 4 heterocycles.